The zero-order valence-electron chi connectivity index (χ0n) is 7.87. The SMILES string of the molecule is Oc1ccc(NCc2ncc[nH]2)cc1Cl. The molecule has 2 aromatic rings. The van der Waals surface area contributed by atoms with Crippen molar-refractivity contribution in [2.75, 3.05) is 5.32 Å². The molecule has 0 aliphatic heterocycles. The average molecular weight is 224 g/mol. The van der Waals surface area contributed by atoms with Crippen LogP contribution in [-0.2, 0) is 6.54 Å². The van der Waals surface area contributed by atoms with Crippen LogP contribution in [-0.4, -0.2) is 15.1 Å². The number of anilines is 1. The van der Waals surface area contributed by atoms with Crippen molar-refractivity contribution in [3.8, 4) is 5.75 Å². The van der Waals surface area contributed by atoms with Gasteiger partial charge in [-0.1, -0.05) is 11.6 Å². The molecule has 0 aliphatic carbocycles. The summed E-state index contributed by atoms with van der Waals surface area (Å²) < 4.78 is 0. The molecule has 0 saturated heterocycles. The second-order valence-electron chi connectivity index (χ2n) is 3.06. The monoisotopic (exact) mass is 223 g/mol. The molecule has 4 nitrogen and oxygen atoms in total. The molecule has 0 bridgehead atoms. The third-order valence-corrected chi connectivity index (χ3v) is 2.27. The summed E-state index contributed by atoms with van der Waals surface area (Å²) in [4.78, 5) is 7.05. The fraction of sp³-hybridized carbons (Fsp3) is 0.100. The van der Waals surface area contributed by atoms with Crippen molar-refractivity contribution in [2.45, 2.75) is 6.54 Å². The number of nitrogens with zero attached hydrogens (tertiary/aromatic N) is 1. The van der Waals surface area contributed by atoms with Gasteiger partial charge in [-0.05, 0) is 18.2 Å². The first-order chi connectivity index (χ1) is 7.25. The van der Waals surface area contributed by atoms with Crippen LogP contribution in [0.5, 0.6) is 5.75 Å². The second kappa shape index (κ2) is 4.23. The molecule has 0 atom stereocenters. The predicted molar refractivity (Wildman–Crippen MR) is 59.0 cm³/mol. The summed E-state index contributed by atoms with van der Waals surface area (Å²) >= 11 is 5.76. The molecule has 3 N–H and O–H groups in total. The Bertz CT molecular complexity index is 442. The summed E-state index contributed by atoms with van der Waals surface area (Å²) in [5.41, 5.74) is 0.842. The lowest BCUT2D eigenvalue weighted by atomic mass is 10.3. The highest BCUT2D eigenvalue weighted by atomic mass is 35.5. The topological polar surface area (TPSA) is 60.9 Å². The highest BCUT2D eigenvalue weighted by molar-refractivity contribution is 6.32. The smallest absolute Gasteiger partial charge is 0.134 e. The maximum atomic E-state index is 9.22. The normalized spacial score (nSPS) is 10.2. The number of hydrogen-bond donors (Lipinski definition) is 3. The maximum Gasteiger partial charge on any atom is 0.134 e. The summed E-state index contributed by atoms with van der Waals surface area (Å²) in [6.07, 6.45) is 3.46. The molecular formula is C10H10ClN3O. The Kier molecular flexibility index (Phi) is 2.78. The molecule has 0 aliphatic rings. The van der Waals surface area contributed by atoms with E-state index in [1.165, 1.54) is 0 Å². The van der Waals surface area contributed by atoms with E-state index in [2.05, 4.69) is 15.3 Å². The molecule has 0 saturated carbocycles. The average Bonchev–Trinajstić information content (AvgIpc) is 2.73. The van der Waals surface area contributed by atoms with Gasteiger partial charge in [0.15, 0.2) is 0 Å². The maximum absolute atomic E-state index is 9.22. The molecule has 0 unspecified atom stereocenters. The van der Waals surface area contributed by atoms with Crippen molar-refractivity contribution in [1.29, 1.82) is 0 Å². The van der Waals surface area contributed by atoms with E-state index in [4.69, 9.17) is 11.6 Å². The number of H-pyrrole nitrogens is 1. The van der Waals surface area contributed by atoms with Gasteiger partial charge in [0.1, 0.15) is 11.6 Å². The van der Waals surface area contributed by atoms with E-state index in [0.717, 1.165) is 11.5 Å². The number of rotatable bonds is 3. The summed E-state index contributed by atoms with van der Waals surface area (Å²) in [6, 6.07) is 4.97. The van der Waals surface area contributed by atoms with Crippen molar-refractivity contribution in [2.24, 2.45) is 0 Å². The minimum absolute atomic E-state index is 0.0835. The number of imidazole rings is 1. The summed E-state index contributed by atoms with van der Waals surface area (Å²) in [6.45, 7) is 0.591. The van der Waals surface area contributed by atoms with E-state index >= 15 is 0 Å². The van der Waals surface area contributed by atoms with Crippen LogP contribution in [0.25, 0.3) is 0 Å². The van der Waals surface area contributed by atoms with Crippen LogP contribution in [0.3, 0.4) is 0 Å². The van der Waals surface area contributed by atoms with Crippen LogP contribution in [0.1, 0.15) is 5.82 Å². The Morgan fingerprint density at radius 1 is 1.47 bits per heavy atom. The standard InChI is InChI=1S/C10H10ClN3O/c11-8-5-7(1-2-9(8)15)14-6-10-12-3-4-13-10/h1-5,14-15H,6H2,(H,12,13). The molecule has 0 amide bonds. The Balaban J connectivity index is 2.02. The van der Waals surface area contributed by atoms with Gasteiger partial charge in [-0.2, -0.15) is 0 Å². The number of halogens is 1. The quantitative estimate of drug-likeness (QED) is 0.701. The first-order valence-corrected chi connectivity index (χ1v) is 4.84. The molecule has 0 fully saturated rings. The Morgan fingerprint density at radius 3 is 3.00 bits per heavy atom. The van der Waals surface area contributed by atoms with Gasteiger partial charge >= 0.3 is 0 Å². The lowest BCUT2D eigenvalue weighted by Crippen LogP contribution is -2.00. The third kappa shape index (κ3) is 2.41. The van der Waals surface area contributed by atoms with Gasteiger partial charge in [0.25, 0.3) is 0 Å². The van der Waals surface area contributed by atoms with Gasteiger partial charge in [-0.15, -0.1) is 0 Å². The number of phenolic OH excluding ortho intramolecular Hbond substituents is 1. The van der Waals surface area contributed by atoms with Crippen molar-refractivity contribution in [1.82, 2.24) is 9.97 Å². The highest BCUT2D eigenvalue weighted by Crippen LogP contribution is 2.26. The lowest BCUT2D eigenvalue weighted by molar-refractivity contribution is 0.475. The molecule has 2 rings (SSSR count). The van der Waals surface area contributed by atoms with Crippen LogP contribution in [0, 0.1) is 0 Å². The fourth-order valence-corrected chi connectivity index (χ4v) is 1.38. The minimum Gasteiger partial charge on any atom is -0.506 e. The minimum atomic E-state index is 0.0835. The van der Waals surface area contributed by atoms with Crippen LogP contribution >= 0.6 is 11.6 Å². The van der Waals surface area contributed by atoms with Gasteiger partial charge in [0.05, 0.1) is 11.6 Å². The molecule has 5 heteroatoms. The van der Waals surface area contributed by atoms with Crippen molar-refractivity contribution in [3.05, 3.63) is 41.4 Å². The second-order valence-corrected chi connectivity index (χ2v) is 3.46. The van der Waals surface area contributed by atoms with Gasteiger partial charge < -0.3 is 15.4 Å². The number of hydrogen-bond acceptors (Lipinski definition) is 3. The predicted octanol–water partition coefficient (Wildman–Crippen LogP) is 2.38. The van der Waals surface area contributed by atoms with Crippen molar-refractivity contribution in [3.63, 3.8) is 0 Å². The Labute approximate surface area is 91.9 Å². The number of aromatic hydroxyl groups is 1. The van der Waals surface area contributed by atoms with E-state index in [-0.39, 0.29) is 5.75 Å². The fourth-order valence-electron chi connectivity index (χ4n) is 1.20. The third-order valence-electron chi connectivity index (χ3n) is 1.96. The Hall–Kier alpha value is -1.68. The van der Waals surface area contributed by atoms with E-state index < -0.39 is 0 Å². The zero-order valence-corrected chi connectivity index (χ0v) is 8.62. The molecule has 1 heterocycles. The number of aromatic amines is 1. The highest BCUT2D eigenvalue weighted by Gasteiger charge is 2.00. The largest absolute Gasteiger partial charge is 0.506 e. The summed E-state index contributed by atoms with van der Waals surface area (Å²) in [5.74, 6) is 0.930. The molecule has 1 aromatic heterocycles. The van der Waals surface area contributed by atoms with Crippen LogP contribution < -0.4 is 5.32 Å². The van der Waals surface area contributed by atoms with E-state index in [0.29, 0.717) is 11.6 Å². The summed E-state index contributed by atoms with van der Waals surface area (Å²) in [7, 11) is 0. The molecule has 15 heavy (non-hydrogen) atoms. The van der Waals surface area contributed by atoms with Gasteiger partial charge in [0, 0.05) is 18.1 Å². The summed E-state index contributed by atoms with van der Waals surface area (Å²) in [5, 5.41) is 12.7. The Morgan fingerprint density at radius 2 is 2.33 bits per heavy atom. The lowest BCUT2D eigenvalue weighted by Gasteiger charge is -2.05. The first-order valence-electron chi connectivity index (χ1n) is 4.46. The number of benzene rings is 1. The van der Waals surface area contributed by atoms with Crippen molar-refractivity contribution < 1.29 is 5.11 Å². The molecule has 1 aromatic carbocycles. The molecular weight excluding hydrogens is 214 g/mol. The number of aromatic nitrogens is 2. The number of phenols is 1. The van der Waals surface area contributed by atoms with Gasteiger partial charge in [-0.25, -0.2) is 4.98 Å². The van der Waals surface area contributed by atoms with E-state index in [1.807, 2.05) is 0 Å². The van der Waals surface area contributed by atoms with E-state index in [9.17, 15) is 5.11 Å². The van der Waals surface area contributed by atoms with E-state index in [1.54, 1.807) is 30.6 Å². The zero-order chi connectivity index (χ0) is 10.7. The molecule has 78 valence electrons. The first kappa shape index (κ1) is 9.86. The van der Waals surface area contributed by atoms with Crippen LogP contribution in [0.2, 0.25) is 5.02 Å². The van der Waals surface area contributed by atoms with Crippen LogP contribution in [0.4, 0.5) is 5.69 Å². The molecule has 0 radical (unpaired) electrons. The van der Waals surface area contributed by atoms with Gasteiger partial charge in [0.2, 0.25) is 0 Å². The molecule has 0 spiro atoms. The van der Waals surface area contributed by atoms with Crippen molar-refractivity contribution >= 4 is 17.3 Å². The number of nitrogens with one attached hydrogen (secondary N) is 2. The van der Waals surface area contributed by atoms with Gasteiger partial charge in [-0.3, -0.25) is 0 Å². The van der Waals surface area contributed by atoms with Crippen LogP contribution in [0.15, 0.2) is 30.6 Å².